The summed E-state index contributed by atoms with van der Waals surface area (Å²) in [5.74, 6) is -0.264. The van der Waals surface area contributed by atoms with E-state index in [0.717, 1.165) is 12.8 Å². The molecule has 0 spiro atoms. The quantitative estimate of drug-likeness (QED) is 0.544. The van der Waals surface area contributed by atoms with Crippen molar-refractivity contribution in [2.24, 2.45) is 0 Å². The van der Waals surface area contributed by atoms with E-state index in [-0.39, 0.29) is 5.97 Å². The molecule has 0 unspecified atom stereocenters. The van der Waals surface area contributed by atoms with Crippen molar-refractivity contribution in [1.82, 2.24) is 5.32 Å². The molecule has 0 aliphatic heterocycles. The van der Waals surface area contributed by atoms with Crippen LogP contribution in [0.3, 0.4) is 0 Å². The van der Waals surface area contributed by atoms with Crippen LogP contribution in [0.25, 0.3) is 0 Å². The fourth-order valence-electron chi connectivity index (χ4n) is 1.55. The number of hydrogen-bond acceptors (Lipinski definition) is 4. The number of rotatable bonds is 5. The van der Waals surface area contributed by atoms with Crippen molar-refractivity contribution in [2.45, 2.75) is 31.9 Å². The number of ether oxygens (including phenoxy) is 2. The molecule has 0 amide bonds. The summed E-state index contributed by atoms with van der Waals surface area (Å²) in [7, 11) is 3.13. The van der Waals surface area contributed by atoms with Crippen molar-refractivity contribution in [3.05, 3.63) is 11.6 Å². The van der Waals surface area contributed by atoms with E-state index in [1.165, 1.54) is 7.11 Å². The molecule has 1 rings (SSSR count). The fourth-order valence-corrected chi connectivity index (χ4v) is 1.55. The van der Waals surface area contributed by atoms with Crippen LogP contribution in [0, 0.1) is 0 Å². The summed E-state index contributed by atoms with van der Waals surface area (Å²) in [6.45, 7) is 2.47. The van der Waals surface area contributed by atoms with E-state index >= 15 is 0 Å². The van der Waals surface area contributed by atoms with E-state index in [1.54, 1.807) is 14.0 Å². The van der Waals surface area contributed by atoms with Crippen LogP contribution in [0.2, 0.25) is 0 Å². The molecule has 0 radical (unpaired) electrons. The molecule has 1 saturated carbocycles. The maximum atomic E-state index is 11.0. The lowest BCUT2D eigenvalue weighted by Crippen LogP contribution is -2.45. The Kier molecular flexibility index (Phi) is 4.78. The number of esters is 1. The number of carbonyl (C=O) groups excluding carboxylic acids is 1. The van der Waals surface area contributed by atoms with E-state index in [2.05, 4.69) is 10.1 Å². The summed E-state index contributed by atoms with van der Waals surface area (Å²) in [5, 5.41) is 3.33. The molecule has 1 N–H and O–H groups in total. The molecule has 15 heavy (non-hydrogen) atoms. The third kappa shape index (κ3) is 3.64. The van der Waals surface area contributed by atoms with Gasteiger partial charge in [-0.2, -0.15) is 0 Å². The number of hydrogen-bond donors (Lipinski definition) is 1. The third-order valence-electron chi connectivity index (χ3n) is 2.75. The topological polar surface area (TPSA) is 47.6 Å². The zero-order valence-electron chi connectivity index (χ0n) is 9.58. The smallest absolute Gasteiger partial charge is 0.333 e. The highest BCUT2D eigenvalue weighted by Gasteiger charge is 2.27. The monoisotopic (exact) mass is 213 g/mol. The lowest BCUT2D eigenvalue weighted by Gasteiger charge is -2.34. The van der Waals surface area contributed by atoms with Crippen LogP contribution in [0.15, 0.2) is 11.6 Å². The Hall–Kier alpha value is -0.870. The van der Waals surface area contributed by atoms with Gasteiger partial charge in [-0.25, -0.2) is 4.79 Å². The summed E-state index contributed by atoms with van der Waals surface area (Å²) >= 11 is 0. The van der Waals surface area contributed by atoms with Gasteiger partial charge >= 0.3 is 5.97 Å². The molecular weight excluding hydrogens is 194 g/mol. The second-order valence-electron chi connectivity index (χ2n) is 3.81. The Balaban J connectivity index is 2.14. The normalized spacial score (nSPS) is 25.9. The molecule has 4 nitrogen and oxygen atoms in total. The van der Waals surface area contributed by atoms with Crippen LogP contribution in [0.1, 0.15) is 19.8 Å². The maximum Gasteiger partial charge on any atom is 0.333 e. The van der Waals surface area contributed by atoms with Crippen molar-refractivity contribution in [3.63, 3.8) is 0 Å². The molecule has 0 aromatic rings. The predicted molar refractivity (Wildman–Crippen MR) is 57.6 cm³/mol. The van der Waals surface area contributed by atoms with E-state index in [9.17, 15) is 4.79 Å². The third-order valence-corrected chi connectivity index (χ3v) is 2.75. The van der Waals surface area contributed by atoms with Gasteiger partial charge in [0.2, 0.25) is 0 Å². The Morgan fingerprint density at radius 1 is 1.47 bits per heavy atom. The Morgan fingerprint density at radius 3 is 2.67 bits per heavy atom. The van der Waals surface area contributed by atoms with Crippen LogP contribution >= 0.6 is 0 Å². The zero-order chi connectivity index (χ0) is 11.3. The average Bonchev–Trinajstić information content (AvgIpc) is 2.19. The highest BCUT2D eigenvalue weighted by Crippen LogP contribution is 2.22. The first kappa shape index (κ1) is 12.2. The maximum absolute atomic E-state index is 11.0. The van der Waals surface area contributed by atoms with Crippen molar-refractivity contribution in [2.75, 3.05) is 20.8 Å². The fraction of sp³-hybridized carbons (Fsp3) is 0.727. The minimum Gasteiger partial charge on any atom is -0.466 e. The summed E-state index contributed by atoms with van der Waals surface area (Å²) in [6.07, 6.45) is 4.38. The first-order valence-electron chi connectivity index (χ1n) is 5.18. The molecule has 1 fully saturated rings. The van der Waals surface area contributed by atoms with Gasteiger partial charge in [-0.15, -0.1) is 0 Å². The van der Waals surface area contributed by atoms with Crippen molar-refractivity contribution in [1.29, 1.82) is 0 Å². The Morgan fingerprint density at radius 2 is 2.13 bits per heavy atom. The van der Waals surface area contributed by atoms with Gasteiger partial charge in [0.1, 0.15) is 0 Å². The Labute approximate surface area is 90.6 Å². The lowest BCUT2D eigenvalue weighted by molar-refractivity contribution is -0.136. The average molecular weight is 213 g/mol. The summed E-state index contributed by atoms with van der Waals surface area (Å²) in [4.78, 5) is 11.0. The standard InChI is InChI=1S/C11H19NO3/c1-8(11(13)15-3)4-5-12-9-6-10(7-9)14-2/h4,9-10,12H,5-7H2,1-3H3/b8-4-. The zero-order valence-corrected chi connectivity index (χ0v) is 9.58. The van der Waals surface area contributed by atoms with E-state index in [0.29, 0.717) is 24.3 Å². The van der Waals surface area contributed by atoms with E-state index in [4.69, 9.17) is 4.74 Å². The van der Waals surface area contributed by atoms with Gasteiger partial charge in [0, 0.05) is 25.3 Å². The van der Waals surface area contributed by atoms with E-state index < -0.39 is 0 Å². The highest BCUT2D eigenvalue weighted by atomic mass is 16.5. The first-order valence-corrected chi connectivity index (χ1v) is 5.18. The van der Waals surface area contributed by atoms with Gasteiger partial charge in [0.25, 0.3) is 0 Å². The number of carbonyl (C=O) groups is 1. The second kappa shape index (κ2) is 5.88. The lowest BCUT2D eigenvalue weighted by atomic mass is 9.89. The summed E-state index contributed by atoms with van der Waals surface area (Å²) in [5.41, 5.74) is 0.646. The molecule has 1 aliphatic rings. The highest BCUT2D eigenvalue weighted by molar-refractivity contribution is 5.87. The van der Waals surface area contributed by atoms with Crippen LogP contribution in [0.5, 0.6) is 0 Å². The van der Waals surface area contributed by atoms with Gasteiger partial charge in [0.05, 0.1) is 13.2 Å². The molecule has 86 valence electrons. The van der Waals surface area contributed by atoms with Crippen LogP contribution in [-0.2, 0) is 14.3 Å². The van der Waals surface area contributed by atoms with Gasteiger partial charge in [-0.1, -0.05) is 6.08 Å². The molecule has 0 atom stereocenters. The van der Waals surface area contributed by atoms with Gasteiger partial charge in [-0.3, -0.25) is 0 Å². The van der Waals surface area contributed by atoms with Gasteiger partial charge < -0.3 is 14.8 Å². The molecular formula is C11H19NO3. The first-order chi connectivity index (χ1) is 7.17. The second-order valence-corrected chi connectivity index (χ2v) is 3.81. The van der Waals surface area contributed by atoms with Crippen LogP contribution in [-0.4, -0.2) is 38.9 Å². The minimum atomic E-state index is -0.264. The molecule has 1 aliphatic carbocycles. The molecule has 0 bridgehead atoms. The SMILES string of the molecule is COC(=O)/C(C)=C\CNC1CC(OC)C1. The molecule has 0 saturated heterocycles. The van der Waals surface area contributed by atoms with Gasteiger partial charge in [-0.05, 0) is 19.8 Å². The van der Waals surface area contributed by atoms with Crippen LogP contribution < -0.4 is 5.32 Å². The summed E-state index contributed by atoms with van der Waals surface area (Å²) < 4.78 is 9.76. The summed E-state index contributed by atoms with van der Waals surface area (Å²) in [6, 6.07) is 0.525. The predicted octanol–water partition coefficient (Wildman–Crippen LogP) is 0.873. The van der Waals surface area contributed by atoms with Crippen molar-refractivity contribution < 1.29 is 14.3 Å². The van der Waals surface area contributed by atoms with Crippen LogP contribution in [0.4, 0.5) is 0 Å². The molecule has 0 aromatic heterocycles. The minimum absolute atomic E-state index is 0.264. The van der Waals surface area contributed by atoms with E-state index in [1.807, 2.05) is 6.08 Å². The Bertz CT molecular complexity index is 244. The molecule has 4 heteroatoms. The molecule has 0 aromatic carbocycles. The largest absolute Gasteiger partial charge is 0.466 e. The molecule has 0 heterocycles. The van der Waals surface area contributed by atoms with Crippen molar-refractivity contribution >= 4 is 5.97 Å². The van der Waals surface area contributed by atoms with Gasteiger partial charge in [0.15, 0.2) is 0 Å². The van der Waals surface area contributed by atoms with Crippen molar-refractivity contribution in [3.8, 4) is 0 Å². The number of methoxy groups -OCH3 is 2. The number of nitrogens with one attached hydrogen (secondary N) is 1.